The summed E-state index contributed by atoms with van der Waals surface area (Å²) in [5.41, 5.74) is 9.83. The first-order valence-electron chi connectivity index (χ1n) is 6.76. The highest BCUT2D eigenvalue weighted by Crippen LogP contribution is 2.30. The Morgan fingerprint density at radius 2 is 2.11 bits per heavy atom. The zero-order valence-electron chi connectivity index (χ0n) is 11.2. The van der Waals surface area contributed by atoms with E-state index in [1.54, 1.807) is 6.20 Å². The van der Waals surface area contributed by atoms with Crippen molar-refractivity contribution in [1.29, 1.82) is 0 Å². The Bertz CT molecular complexity index is 580. The SMILES string of the molecule is CC1Cc2ccccc2N(Cc2cccnc2N)C1. The number of nitrogens with zero attached hydrogens (tertiary/aromatic N) is 2. The first kappa shape index (κ1) is 12.0. The molecule has 0 bridgehead atoms. The van der Waals surface area contributed by atoms with Gasteiger partial charge in [-0.1, -0.05) is 31.2 Å². The molecule has 1 aliphatic rings. The highest BCUT2D eigenvalue weighted by molar-refractivity contribution is 5.57. The number of aromatic nitrogens is 1. The van der Waals surface area contributed by atoms with E-state index in [9.17, 15) is 0 Å². The first-order chi connectivity index (χ1) is 9.24. The zero-order chi connectivity index (χ0) is 13.2. The molecule has 1 aromatic carbocycles. The maximum absolute atomic E-state index is 5.95. The number of fused-ring (bicyclic) bond motifs is 1. The van der Waals surface area contributed by atoms with Gasteiger partial charge in [-0.25, -0.2) is 4.98 Å². The third kappa shape index (κ3) is 2.41. The summed E-state index contributed by atoms with van der Waals surface area (Å²) in [6.07, 6.45) is 2.90. The minimum atomic E-state index is 0.637. The molecular weight excluding hydrogens is 234 g/mol. The van der Waals surface area contributed by atoms with Gasteiger partial charge in [0, 0.05) is 30.5 Å². The Labute approximate surface area is 114 Å². The van der Waals surface area contributed by atoms with Gasteiger partial charge in [-0.2, -0.15) is 0 Å². The standard InChI is InChI=1S/C16H19N3/c1-12-9-13-5-2-3-7-15(13)19(10-12)11-14-6-4-8-18-16(14)17/h2-8,12H,9-11H2,1H3,(H2,17,18). The molecule has 2 aromatic rings. The molecule has 3 rings (SSSR count). The van der Waals surface area contributed by atoms with E-state index in [1.807, 2.05) is 6.07 Å². The fourth-order valence-electron chi connectivity index (χ4n) is 2.85. The third-order valence-corrected chi connectivity index (χ3v) is 3.72. The quantitative estimate of drug-likeness (QED) is 0.895. The van der Waals surface area contributed by atoms with Crippen LogP contribution in [0.4, 0.5) is 11.5 Å². The molecule has 0 amide bonds. The van der Waals surface area contributed by atoms with Crippen molar-refractivity contribution in [3.63, 3.8) is 0 Å². The highest BCUT2D eigenvalue weighted by atomic mass is 15.1. The molecule has 0 aliphatic carbocycles. The van der Waals surface area contributed by atoms with Crippen LogP contribution in [-0.2, 0) is 13.0 Å². The van der Waals surface area contributed by atoms with Gasteiger partial charge >= 0.3 is 0 Å². The van der Waals surface area contributed by atoms with Gasteiger partial charge < -0.3 is 10.6 Å². The van der Waals surface area contributed by atoms with Gasteiger partial charge in [0.2, 0.25) is 0 Å². The molecular formula is C16H19N3. The van der Waals surface area contributed by atoms with Crippen LogP contribution in [0.2, 0.25) is 0 Å². The van der Waals surface area contributed by atoms with E-state index in [4.69, 9.17) is 5.73 Å². The van der Waals surface area contributed by atoms with Crippen LogP contribution in [-0.4, -0.2) is 11.5 Å². The number of anilines is 2. The van der Waals surface area contributed by atoms with E-state index in [2.05, 4.69) is 47.1 Å². The lowest BCUT2D eigenvalue weighted by atomic mass is 9.93. The molecule has 3 nitrogen and oxygen atoms in total. The minimum Gasteiger partial charge on any atom is -0.383 e. The molecule has 19 heavy (non-hydrogen) atoms. The van der Waals surface area contributed by atoms with Crippen LogP contribution in [0.5, 0.6) is 0 Å². The molecule has 0 saturated carbocycles. The van der Waals surface area contributed by atoms with Gasteiger partial charge in [-0.3, -0.25) is 0 Å². The fraction of sp³-hybridized carbons (Fsp3) is 0.312. The molecule has 0 fully saturated rings. The van der Waals surface area contributed by atoms with E-state index < -0.39 is 0 Å². The first-order valence-corrected chi connectivity index (χ1v) is 6.76. The molecule has 98 valence electrons. The number of pyridine rings is 1. The Balaban J connectivity index is 1.91. The van der Waals surface area contributed by atoms with Crippen LogP contribution in [0.15, 0.2) is 42.6 Å². The second-order valence-electron chi connectivity index (χ2n) is 5.37. The monoisotopic (exact) mass is 253 g/mol. The van der Waals surface area contributed by atoms with Crippen molar-refractivity contribution in [3.05, 3.63) is 53.7 Å². The van der Waals surface area contributed by atoms with Gasteiger partial charge in [0.05, 0.1) is 0 Å². The van der Waals surface area contributed by atoms with Crippen molar-refractivity contribution in [2.24, 2.45) is 5.92 Å². The number of para-hydroxylation sites is 1. The number of nitrogen functional groups attached to an aromatic ring is 1. The summed E-state index contributed by atoms with van der Waals surface area (Å²) in [5.74, 6) is 1.31. The molecule has 2 N–H and O–H groups in total. The molecule has 1 aromatic heterocycles. The number of hydrogen-bond donors (Lipinski definition) is 1. The lowest BCUT2D eigenvalue weighted by molar-refractivity contribution is 0.530. The molecule has 0 radical (unpaired) electrons. The predicted octanol–water partition coefficient (Wildman–Crippen LogP) is 2.86. The second kappa shape index (κ2) is 4.92. The molecule has 1 aliphatic heterocycles. The van der Waals surface area contributed by atoms with Crippen molar-refractivity contribution >= 4 is 11.5 Å². The molecule has 3 heteroatoms. The number of nitrogens with two attached hydrogens (primary N) is 1. The van der Waals surface area contributed by atoms with E-state index in [0.717, 1.165) is 25.1 Å². The number of rotatable bonds is 2. The maximum Gasteiger partial charge on any atom is 0.128 e. The number of benzene rings is 1. The average molecular weight is 253 g/mol. The molecule has 0 saturated heterocycles. The van der Waals surface area contributed by atoms with Gasteiger partial charge in [-0.15, -0.1) is 0 Å². The molecule has 1 atom stereocenters. The molecule has 1 unspecified atom stereocenters. The van der Waals surface area contributed by atoms with E-state index >= 15 is 0 Å². The summed E-state index contributed by atoms with van der Waals surface area (Å²) in [6, 6.07) is 12.7. The Morgan fingerprint density at radius 3 is 2.95 bits per heavy atom. The van der Waals surface area contributed by atoms with Crippen molar-refractivity contribution in [2.45, 2.75) is 19.9 Å². The summed E-state index contributed by atoms with van der Waals surface area (Å²) in [4.78, 5) is 6.58. The second-order valence-corrected chi connectivity index (χ2v) is 5.37. The average Bonchev–Trinajstić information content (AvgIpc) is 2.41. The van der Waals surface area contributed by atoms with Crippen molar-refractivity contribution < 1.29 is 0 Å². The van der Waals surface area contributed by atoms with E-state index in [-0.39, 0.29) is 0 Å². The Kier molecular flexibility index (Phi) is 3.11. The summed E-state index contributed by atoms with van der Waals surface area (Å²) >= 11 is 0. The van der Waals surface area contributed by atoms with Crippen molar-refractivity contribution in [3.8, 4) is 0 Å². The largest absolute Gasteiger partial charge is 0.383 e. The van der Waals surface area contributed by atoms with Crippen LogP contribution in [0.3, 0.4) is 0 Å². The van der Waals surface area contributed by atoms with Crippen LogP contribution < -0.4 is 10.6 Å². The lowest BCUT2D eigenvalue weighted by Gasteiger charge is -2.35. The third-order valence-electron chi connectivity index (χ3n) is 3.72. The normalized spacial score (nSPS) is 18.2. The summed E-state index contributed by atoms with van der Waals surface area (Å²) in [6.45, 7) is 4.21. The van der Waals surface area contributed by atoms with E-state index in [0.29, 0.717) is 11.7 Å². The smallest absolute Gasteiger partial charge is 0.128 e. The fourth-order valence-corrected chi connectivity index (χ4v) is 2.85. The summed E-state index contributed by atoms with van der Waals surface area (Å²) < 4.78 is 0. The summed E-state index contributed by atoms with van der Waals surface area (Å²) in [7, 11) is 0. The lowest BCUT2D eigenvalue weighted by Crippen LogP contribution is -2.34. The Morgan fingerprint density at radius 1 is 1.26 bits per heavy atom. The number of hydrogen-bond acceptors (Lipinski definition) is 3. The maximum atomic E-state index is 5.95. The minimum absolute atomic E-state index is 0.637. The van der Waals surface area contributed by atoms with Gasteiger partial charge in [0.1, 0.15) is 5.82 Å². The molecule has 0 spiro atoms. The van der Waals surface area contributed by atoms with Crippen molar-refractivity contribution in [2.75, 3.05) is 17.2 Å². The van der Waals surface area contributed by atoms with Gasteiger partial charge in [0.15, 0.2) is 0 Å². The van der Waals surface area contributed by atoms with E-state index in [1.165, 1.54) is 11.3 Å². The predicted molar refractivity (Wildman–Crippen MR) is 79.0 cm³/mol. The van der Waals surface area contributed by atoms with Crippen LogP contribution >= 0.6 is 0 Å². The highest BCUT2D eigenvalue weighted by Gasteiger charge is 2.21. The van der Waals surface area contributed by atoms with Gasteiger partial charge in [-0.05, 0) is 30.0 Å². The van der Waals surface area contributed by atoms with Crippen LogP contribution in [0.25, 0.3) is 0 Å². The van der Waals surface area contributed by atoms with Crippen molar-refractivity contribution in [1.82, 2.24) is 4.98 Å². The van der Waals surface area contributed by atoms with Gasteiger partial charge in [0.25, 0.3) is 0 Å². The van der Waals surface area contributed by atoms with Crippen LogP contribution in [0, 0.1) is 5.92 Å². The van der Waals surface area contributed by atoms with Crippen LogP contribution in [0.1, 0.15) is 18.1 Å². The zero-order valence-corrected chi connectivity index (χ0v) is 11.2. The summed E-state index contributed by atoms with van der Waals surface area (Å²) in [5, 5.41) is 0. The molecule has 2 heterocycles. The Hall–Kier alpha value is -2.03. The topological polar surface area (TPSA) is 42.2 Å².